The van der Waals surface area contributed by atoms with Gasteiger partial charge in [0.25, 0.3) is 6.29 Å². The van der Waals surface area contributed by atoms with Crippen LogP contribution in [0.25, 0.3) is 0 Å². The zero-order valence-electron chi connectivity index (χ0n) is 54.1. The van der Waals surface area contributed by atoms with Gasteiger partial charge in [0.2, 0.25) is 0 Å². The molecular formula is C74H126NO8+. The monoisotopic (exact) mass is 1160 g/mol. The van der Waals surface area contributed by atoms with Crippen LogP contribution in [0, 0.1) is 0 Å². The predicted octanol–water partition coefficient (Wildman–Crippen LogP) is 20.8. The van der Waals surface area contributed by atoms with Gasteiger partial charge in [0.1, 0.15) is 13.2 Å². The van der Waals surface area contributed by atoms with E-state index in [1.807, 2.05) is 21.1 Å². The molecule has 0 spiro atoms. The second-order valence-electron chi connectivity index (χ2n) is 23.4. The van der Waals surface area contributed by atoms with E-state index in [-0.39, 0.29) is 32.2 Å². The molecule has 0 aromatic carbocycles. The Balaban J connectivity index is 4.13. The van der Waals surface area contributed by atoms with Gasteiger partial charge in [0.05, 0.1) is 34.4 Å². The molecule has 83 heavy (non-hydrogen) atoms. The van der Waals surface area contributed by atoms with Gasteiger partial charge in [-0.3, -0.25) is 9.59 Å². The van der Waals surface area contributed by atoms with Crippen molar-refractivity contribution in [3.05, 3.63) is 122 Å². The van der Waals surface area contributed by atoms with Gasteiger partial charge in [0, 0.05) is 12.8 Å². The van der Waals surface area contributed by atoms with Crippen LogP contribution >= 0.6 is 0 Å². The van der Waals surface area contributed by atoms with Gasteiger partial charge in [-0.2, -0.15) is 0 Å². The molecule has 0 rings (SSSR count). The van der Waals surface area contributed by atoms with E-state index in [1.165, 1.54) is 128 Å². The fraction of sp³-hybridized carbons (Fsp3) is 0.689. The van der Waals surface area contributed by atoms with Crippen LogP contribution in [0.15, 0.2) is 122 Å². The van der Waals surface area contributed by atoms with Crippen molar-refractivity contribution < 1.29 is 42.9 Å². The number of hydrogen-bond donors (Lipinski definition) is 1. The third kappa shape index (κ3) is 65.1. The maximum atomic E-state index is 12.9. The summed E-state index contributed by atoms with van der Waals surface area (Å²) in [5.74, 6) is -2.01. The summed E-state index contributed by atoms with van der Waals surface area (Å²) in [5.41, 5.74) is 0. The van der Waals surface area contributed by atoms with Crippen LogP contribution in [0.4, 0.5) is 0 Å². The van der Waals surface area contributed by atoms with Crippen LogP contribution in [0.3, 0.4) is 0 Å². The highest BCUT2D eigenvalue weighted by Gasteiger charge is 2.25. The van der Waals surface area contributed by atoms with Crippen molar-refractivity contribution in [1.82, 2.24) is 0 Å². The number of esters is 2. The summed E-state index contributed by atoms with van der Waals surface area (Å²) in [5, 5.41) is 9.72. The molecule has 0 fully saturated rings. The Labute approximate surface area is 510 Å². The lowest BCUT2D eigenvalue weighted by Gasteiger charge is -2.25. The summed E-state index contributed by atoms with van der Waals surface area (Å²) in [7, 11) is 5.97. The lowest BCUT2D eigenvalue weighted by atomic mass is 10.0. The SMILES string of the molecule is CC/C=C\C/C=C\C/C=C\C/C=C\C/C=C\C/C=C\C/C=C\C/C=C\C/C=C\C/C=C\CCCCCCCCCCCCC(=O)OC(COC(=O)CCCCCCCCCCCCCCCCCCC)COC(OCC[N+](C)(C)C)C(=O)O. The topological polar surface area (TPSA) is 108 Å². The number of ether oxygens (including phenoxy) is 4. The fourth-order valence-corrected chi connectivity index (χ4v) is 9.10. The molecule has 0 aliphatic carbocycles. The lowest BCUT2D eigenvalue weighted by Crippen LogP contribution is -2.40. The minimum Gasteiger partial charge on any atom is -0.477 e. The summed E-state index contributed by atoms with van der Waals surface area (Å²) >= 11 is 0. The highest BCUT2D eigenvalue weighted by Crippen LogP contribution is 2.17. The maximum Gasteiger partial charge on any atom is 0.361 e. The molecule has 0 aromatic rings. The molecule has 0 heterocycles. The molecule has 9 heteroatoms. The first-order valence-electron chi connectivity index (χ1n) is 33.7. The number of nitrogens with zero attached hydrogens (tertiary/aromatic N) is 1. The minimum atomic E-state index is -1.52. The Bertz CT molecular complexity index is 1780. The van der Waals surface area contributed by atoms with E-state index in [0.717, 1.165) is 109 Å². The Morgan fingerprint density at radius 2 is 0.687 bits per heavy atom. The van der Waals surface area contributed by atoms with Gasteiger partial charge in [0.15, 0.2) is 6.10 Å². The van der Waals surface area contributed by atoms with Crippen molar-refractivity contribution in [1.29, 1.82) is 0 Å². The predicted molar refractivity (Wildman–Crippen MR) is 354 cm³/mol. The number of quaternary nitrogens is 1. The van der Waals surface area contributed by atoms with Crippen molar-refractivity contribution in [3.8, 4) is 0 Å². The Morgan fingerprint density at radius 1 is 0.373 bits per heavy atom. The molecule has 0 amide bonds. The van der Waals surface area contributed by atoms with Crippen molar-refractivity contribution in [2.75, 3.05) is 47.5 Å². The smallest absolute Gasteiger partial charge is 0.361 e. The van der Waals surface area contributed by atoms with E-state index in [4.69, 9.17) is 18.9 Å². The van der Waals surface area contributed by atoms with Crippen molar-refractivity contribution in [3.63, 3.8) is 0 Å². The number of likely N-dealkylation sites (N-methyl/N-ethyl adjacent to an activating group) is 1. The number of carbonyl (C=O) groups is 3. The Kier molecular flexibility index (Phi) is 60.4. The minimum absolute atomic E-state index is 0.184. The number of unbranched alkanes of at least 4 members (excludes halogenated alkanes) is 26. The molecule has 0 radical (unpaired) electrons. The van der Waals surface area contributed by atoms with E-state index in [0.29, 0.717) is 23.9 Å². The average Bonchev–Trinajstić information content (AvgIpc) is 3.46. The van der Waals surface area contributed by atoms with E-state index >= 15 is 0 Å². The molecule has 0 aliphatic rings. The standard InChI is InChI=1S/C74H125NO8/c1-6-8-10-12-14-16-18-20-22-24-25-26-27-28-29-30-31-32-33-34-35-36-37-38-39-40-41-42-43-44-45-46-47-49-51-53-55-57-59-61-63-65-72(77)83-70(69-82-74(73(78)79)80-67-66-75(3,4)5)68-81-71(76)64-62-60-58-56-54-52-50-48-23-21-19-17-15-13-11-9-7-2/h8,10,14,16,20,22,25-26,28-29,31-32,34-35,37-38,40-41,43-44,70,74H,6-7,9,11-13,15,17-19,21,23-24,27,30,33,36,39,42,45-69H2,1-5H3/p+1/b10-8-,16-14-,22-20-,26-25-,29-28-,32-31-,35-34-,38-37-,41-40-,44-43-. The van der Waals surface area contributed by atoms with Crippen molar-refractivity contribution >= 4 is 17.9 Å². The molecule has 0 bridgehead atoms. The summed E-state index contributed by atoms with van der Waals surface area (Å²) in [6.45, 7) is 4.77. The van der Waals surface area contributed by atoms with Crippen LogP contribution in [0.1, 0.15) is 271 Å². The normalized spacial score (nSPS) is 13.5. The summed E-state index contributed by atoms with van der Waals surface area (Å²) < 4.78 is 22.9. The van der Waals surface area contributed by atoms with Crippen LogP contribution in [-0.2, 0) is 33.3 Å². The first kappa shape index (κ1) is 78.7. The zero-order chi connectivity index (χ0) is 60.5. The first-order chi connectivity index (χ1) is 40.6. The number of carboxylic acid groups (broad SMARTS) is 1. The van der Waals surface area contributed by atoms with E-state index in [9.17, 15) is 19.5 Å². The highest BCUT2D eigenvalue weighted by atomic mass is 16.7. The van der Waals surface area contributed by atoms with E-state index < -0.39 is 24.3 Å². The summed E-state index contributed by atoms with van der Waals surface area (Å²) in [6, 6.07) is 0. The van der Waals surface area contributed by atoms with Crippen LogP contribution in [0.5, 0.6) is 0 Å². The van der Waals surface area contributed by atoms with Crippen LogP contribution in [0.2, 0.25) is 0 Å². The van der Waals surface area contributed by atoms with Gasteiger partial charge < -0.3 is 28.5 Å². The highest BCUT2D eigenvalue weighted by molar-refractivity contribution is 5.71. The van der Waals surface area contributed by atoms with Gasteiger partial charge in [-0.05, 0) is 89.9 Å². The lowest BCUT2D eigenvalue weighted by molar-refractivity contribution is -0.870. The molecule has 0 aromatic heterocycles. The van der Waals surface area contributed by atoms with Gasteiger partial charge >= 0.3 is 17.9 Å². The summed E-state index contributed by atoms with van der Waals surface area (Å²) in [4.78, 5) is 37.5. The Morgan fingerprint density at radius 3 is 1.02 bits per heavy atom. The molecular weight excluding hydrogens is 1030 g/mol. The number of hydrogen-bond acceptors (Lipinski definition) is 7. The second kappa shape index (κ2) is 63.7. The molecule has 0 saturated heterocycles. The van der Waals surface area contributed by atoms with Gasteiger partial charge in [-0.1, -0.05) is 289 Å². The van der Waals surface area contributed by atoms with Gasteiger partial charge in [-0.25, -0.2) is 4.79 Å². The zero-order valence-corrected chi connectivity index (χ0v) is 54.1. The molecule has 0 saturated carbocycles. The molecule has 474 valence electrons. The molecule has 2 atom stereocenters. The maximum absolute atomic E-state index is 12.9. The number of allylic oxidation sites excluding steroid dienone is 20. The summed E-state index contributed by atoms with van der Waals surface area (Å²) in [6.07, 6.45) is 87.3. The van der Waals surface area contributed by atoms with Crippen molar-refractivity contribution in [2.24, 2.45) is 0 Å². The quantitative estimate of drug-likeness (QED) is 0.0211. The van der Waals surface area contributed by atoms with Crippen molar-refractivity contribution in [2.45, 2.75) is 283 Å². The largest absolute Gasteiger partial charge is 0.477 e. The van der Waals surface area contributed by atoms with Gasteiger partial charge in [-0.15, -0.1) is 0 Å². The van der Waals surface area contributed by atoms with E-state index in [2.05, 4.69) is 135 Å². The third-order valence-electron chi connectivity index (χ3n) is 14.2. The average molecular weight is 1160 g/mol. The molecule has 0 aliphatic heterocycles. The fourth-order valence-electron chi connectivity index (χ4n) is 9.10. The third-order valence-corrected chi connectivity index (χ3v) is 14.2. The van der Waals surface area contributed by atoms with Crippen LogP contribution in [-0.4, -0.2) is 87.4 Å². The number of aliphatic carboxylic acids is 1. The molecule has 1 N–H and O–H groups in total. The number of carbonyl (C=O) groups excluding carboxylic acids is 2. The molecule has 2 unspecified atom stereocenters. The second-order valence-corrected chi connectivity index (χ2v) is 23.4. The van der Waals surface area contributed by atoms with Crippen LogP contribution < -0.4 is 0 Å². The first-order valence-corrected chi connectivity index (χ1v) is 33.7. The van der Waals surface area contributed by atoms with E-state index in [1.54, 1.807) is 0 Å². The molecule has 9 nitrogen and oxygen atoms in total. The number of rotatable bonds is 61. The number of carboxylic acids is 1. The Hall–Kier alpha value is -4.31.